The van der Waals surface area contributed by atoms with Gasteiger partial charge in [0.15, 0.2) is 0 Å². The van der Waals surface area contributed by atoms with E-state index in [0.717, 1.165) is 23.5 Å². The number of nitrogens with one attached hydrogen (secondary N) is 2. The molecule has 2 aromatic rings. The molecule has 0 spiro atoms. The van der Waals surface area contributed by atoms with Crippen LogP contribution in [0.3, 0.4) is 0 Å². The molecule has 0 fully saturated rings. The van der Waals surface area contributed by atoms with Gasteiger partial charge in [0.2, 0.25) is 0 Å². The van der Waals surface area contributed by atoms with E-state index in [-0.39, 0.29) is 4.90 Å². The highest BCUT2D eigenvalue weighted by Crippen LogP contribution is 2.29. The van der Waals surface area contributed by atoms with E-state index >= 15 is 0 Å². The van der Waals surface area contributed by atoms with Crippen LogP contribution < -0.4 is 10.0 Å². The van der Waals surface area contributed by atoms with Crippen LogP contribution >= 0.6 is 11.8 Å². The summed E-state index contributed by atoms with van der Waals surface area (Å²) in [5.41, 5.74) is 2.69. The van der Waals surface area contributed by atoms with Crippen LogP contribution in [0.5, 0.6) is 0 Å². The van der Waals surface area contributed by atoms with Crippen LogP contribution in [0.25, 0.3) is 0 Å². The van der Waals surface area contributed by atoms with Crippen LogP contribution in [0.4, 0.5) is 11.4 Å². The van der Waals surface area contributed by atoms with Crippen molar-refractivity contribution in [3.05, 3.63) is 48.0 Å². The van der Waals surface area contributed by atoms with E-state index < -0.39 is 10.0 Å². The quantitative estimate of drug-likeness (QED) is 0.850. The number of para-hydroxylation sites is 1. The topological polar surface area (TPSA) is 58.2 Å². The maximum atomic E-state index is 12.5. The van der Waals surface area contributed by atoms with Crippen molar-refractivity contribution in [2.24, 2.45) is 0 Å². The molecule has 2 aromatic carbocycles. The zero-order chi connectivity index (χ0) is 14.9. The molecule has 2 N–H and O–H groups in total. The van der Waals surface area contributed by atoms with Crippen molar-refractivity contribution in [1.82, 2.24) is 0 Å². The molecule has 6 heteroatoms. The van der Waals surface area contributed by atoms with E-state index in [1.807, 2.05) is 30.5 Å². The molecule has 0 bridgehead atoms. The van der Waals surface area contributed by atoms with Gasteiger partial charge in [0.25, 0.3) is 10.0 Å². The molecule has 0 unspecified atom stereocenters. The number of hydrogen-bond acceptors (Lipinski definition) is 4. The minimum Gasteiger partial charge on any atom is -0.384 e. The lowest BCUT2D eigenvalue weighted by Gasteiger charge is -2.12. The lowest BCUT2D eigenvalue weighted by molar-refractivity contribution is 0.601. The molecule has 110 valence electrons. The lowest BCUT2D eigenvalue weighted by atomic mass is 10.2. The first-order chi connectivity index (χ1) is 10.1. The molecule has 4 nitrogen and oxygen atoms in total. The largest absolute Gasteiger partial charge is 0.384 e. The Morgan fingerprint density at radius 3 is 2.81 bits per heavy atom. The maximum absolute atomic E-state index is 12.5. The number of sulfonamides is 1. The fraction of sp³-hybridized carbons (Fsp3) is 0.200. The normalized spacial score (nSPS) is 13.6. The minimum absolute atomic E-state index is 0.284. The van der Waals surface area contributed by atoms with E-state index in [1.54, 1.807) is 18.2 Å². The second-order valence-electron chi connectivity index (χ2n) is 4.80. The zero-order valence-electron chi connectivity index (χ0n) is 11.6. The molecule has 0 atom stereocenters. The van der Waals surface area contributed by atoms with Gasteiger partial charge in [0.1, 0.15) is 0 Å². The number of rotatable bonds is 4. The summed E-state index contributed by atoms with van der Waals surface area (Å²) in [4.78, 5) is 1.19. The molecule has 0 aliphatic carbocycles. The fourth-order valence-corrected chi connectivity index (χ4v) is 4.09. The van der Waals surface area contributed by atoms with Gasteiger partial charge < -0.3 is 5.32 Å². The third-order valence-electron chi connectivity index (χ3n) is 3.45. The van der Waals surface area contributed by atoms with Gasteiger partial charge in [-0.3, -0.25) is 4.72 Å². The van der Waals surface area contributed by atoms with Gasteiger partial charge in [0.05, 0.1) is 10.6 Å². The van der Waals surface area contributed by atoms with E-state index in [0.29, 0.717) is 5.69 Å². The first kappa shape index (κ1) is 14.3. The average molecular weight is 320 g/mol. The standard InChI is InChI=1S/C15H16N2O2S2/c1-20-15-5-3-2-4-13(15)17-21(18,19)12-7-6-11-8-9-16-14(11)10-12/h2-7,10,16-17H,8-9H2,1H3. The van der Waals surface area contributed by atoms with Gasteiger partial charge >= 0.3 is 0 Å². The Morgan fingerprint density at radius 2 is 2.00 bits per heavy atom. The van der Waals surface area contributed by atoms with Crippen molar-refractivity contribution in [3.8, 4) is 0 Å². The van der Waals surface area contributed by atoms with Gasteiger partial charge in [-0.2, -0.15) is 0 Å². The van der Waals surface area contributed by atoms with Crippen LogP contribution in [0.15, 0.2) is 52.3 Å². The molecular weight excluding hydrogens is 304 g/mol. The van der Waals surface area contributed by atoms with E-state index in [2.05, 4.69) is 10.0 Å². The summed E-state index contributed by atoms with van der Waals surface area (Å²) in [6.07, 6.45) is 2.87. The Morgan fingerprint density at radius 1 is 1.19 bits per heavy atom. The van der Waals surface area contributed by atoms with E-state index in [9.17, 15) is 8.42 Å². The zero-order valence-corrected chi connectivity index (χ0v) is 13.2. The van der Waals surface area contributed by atoms with Gasteiger partial charge in [-0.1, -0.05) is 18.2 Å². The Hall–Kier alpha value is -1.66. The third-order valence-corrected chi connectivity index (χ3v) is 5.61. The third kappa shape index (κ3) is 2.87. The fourth-order valence-electron chi connectivity index (χ4n) is 2.37. The molecule has 21 heavy (non-hydrogen) atoms. The number of anilines is 2. The monoisotopic (exact) mass is 320 g/mol. The summed E-state index contributed by atoms with van der Waals surface area (Å²) in [5.74, 6) is 0. The molecule has 1 aliphatic heterocycles. The van der Waals surface area contributed by atoms with Crippen LogP contribution in [-0.4, -0.2) is 21.2 Å². The summed E-state index contributed by atoms with van der Waals surface area (Å²) in [7, 11) is -3.57. The first-order valence-electron chi connectivity index (χ1n) is 6.63. The SMILES string of the molecule is CSc1ccccc1NS(=O)(=O)c1ccc2c(c1)NCC2. The Balaban J connectivity index is 1.94. The molecule has 0 amide bonds. The van der Waals surface area contributed by atoms with E-state index in [4.69, 9.17) is 0 Å². The first-order valence-corrected chi connectivity index (χ1v) is 9.33. The predicted octanol–water partition coefficient (Wildman–Crippen LogP) is 3.18. The minimum atomic E-state index is -3.57. The molecule has 1 heterocycles. The average Bonchev–Trinajstić information content (AvgIpc) is 2.95. The van der Waals surface area contributed by atoms with Crippen molar-refractivity contribution >= 4 is 33.2 Å². The Bertz CT molecular complexity index is 773. The highest BCUT2D eigenvalue weighted by Gasteiger charge is 2.19. The molecule has 0 saturated heterocycles. The smallest absolute Gasteiger partial charge is 0.262 e. The van der Waals surface area contributed by atoms with Gasteiger partial charge in [-0.15, -0.1) is 11.8 Å². The summed E-state index contributed by atoms with van der Waals surface area (Å²) in [5, 5.41) is 3.20. The van der Waals surface area contributed by atoms with Crippen molar-refractivity contribution < 1.29 is 8.42 Å². The van der Waals surface area contributed by atoms with Crippen LogP contribution in [0.2, 0.25) is 0 Å². The number of hydrogen-bond donors (Lipinski definition) is 2. The van der Waals surface area contributed by atoms with Gasteiger partial charge in [-0.05, 0) is 42.5 Å². The molecular formula is C15H16N2O2S2. The summed E-state index contributed by atoms with van der Waals surface area (Å²) < 4.78 is 27.7. The predicted molar refractivity (Wildman–Crippen MR) is 87.7 cm³/mol. The molecule has 0 radical (unpaired) electrons. The van der Waals surface area contributed by atoms with Crippen LogP contribution in [0.1, 0.15) is 5.56 Å². The molecule has 1 aliphatic rings. The summed E-state index contributed by atoms with van der Waals surface area (Å²) >= 11 is 1.51. The van der Waals surface area contributed by atoms with Gasteiger partial charge in [0, 0.05) is 17.1 Å². The van der Waals surface area contributed by atoms with E-state index in [1.165, 1.54) is 17.3 Å². The maximum Gasteiger partial charge on any atom is 0.262 e. The van der Waals surface area contributed by atoms with Gasteiger partial charge in [-0.25, -0.2) is 8.42 Å². The lowest BCUT2D eigenvalue weighted by Crippen LogP contribution is -2.13. The van der Waals surface area contributed by atoms with Crippen molar-refractivity contribution in [2.75, 3.05) is 22.8 Å². The number of thioether (sulfide) groups is 1. The summed E-state index contributed by atoms with van der Waals surface area (Å²) in [6, 6.07) is 12.6. The van der Waals surface area contributed by atoms with Crippen molar-refractivity contribution in [3.63, 3.8) is 0 Å². The highest BCUT2D eigenvalue weighted by atomic mass is 32.2. The molecule has 0 aromatic heterocycles. The van der Waals surface area contributed by atoms with Crippen molar-refractivity contribution in [1.29, 1.82) is 0 Å². The second-order valence-corrected chi connectivity index (χ2v) is 7.33. The number of fused-ring (bicyclic) bond motifs is 1. The Kier molecular flexibility index (Phi) is 3.82. The highest BCUT2D eigenvalue weighted by molar-refractivity contribution is 7.99. The summed E-state index contributed by atoms with van der Waals surface area (Å²) in [6.45, 7) is 0.863. The van der Waals surface area contributed by atoms with Crippen molar-refractivity contribution in [2.45, 2.75) is 16.2 Å². The number of benzene rings is 2. The Labute approximate surface area is 129 Å². The molecule has 3 rings (SSSR count). The second kappa shape index (κ2) is 5.61. The van der Waals surface area contributed by atoms with Crippen LogP contribution in [-0.2, 0) is 16.4 Å². The molecule has 0 saturated carbocycles. The van der Waals surface area contributed by atoms with Crippen LogP contribution in [0, 0.1) is 0 Å².